The molecule has 1 N–H and O–H groups in total. The maximum atomic E-state index is 11.2. The highest BCUT2D eigenvalue weighted by molar-refractivity contribution is 14.1. The molecule has 0 fully saturated rings. The fourth-order valence-corrected chi connectivity index (χ4v) is 2.58. The zero-order valence-corrected chi connectivity index (χ0v) is 13.7. The second-order valence-electron chi connectivity index (χ2n) is 4.28. The van der Waals surface area contributed by atoms with Crippen molar-refractivity contribution in [3.8, 4) is 5.75 Å². The predicted octanol–water partition coefficient (Wildman–Crippen LogP) is 4.67. The number of alkyl halides is 1. The standard InChI is InChI=1S/C15H15IN2O3/c1-2-21-13-8-6-12(7-9-13)17-15-11(10-16)4-3-5-14(15)18(19)20/h3-9,17H,2,10H2,1H3. The molecule has 110 valence electrons. The minimum absolute atomic E-state index is 0.0815. The third-order valence-electron chi connectivity index (χ3n) is 2.90. The number of nitrogens with one attached hydrogen (secondary N) is 1. The van der Waals surface area contributed by atoms with E-state index in [0.29, 0.717) is 16.7 Å². The van der Waals surface area contributed by atoms with Gasteiger partial charge in [-0.25, -0.2) is 0 Å². The summed E-state index contributed by atoms with van der Waals surface area (Å²) in [4.78, 5) is 10.8. The van der Waals surface area contributed by atoms with Crippen LogP contribution in [-0.4, -0.2) is 11.5 Å². The Kier molecular flexibility index (Phi) is 5.38. The zero-order valence-electron chi connectivity index (χ0n) is 11.5. The number of nitro groups is 1. The van der Waals surface area contributed by atoms with Gasteiger partial charge in [-0.3, -0.25) is 10.1 Å². The van der Waals surface area contributed by atoms with Gasteiger partial charge in [0.15, 0.2) is 0 Å². The second kappa shape index (κ2) is 7.26. The van der Waals surface area contributed by atoms with Gasteiger partial charge in [-0.2, -0.15) is 0 Å². The van der Waals surface area contributed by atoms with Crippen LogP contribution in [0.4, 0.5) is 17.1 Å². The van der Waals surface area contributed by atoms with E-state index in [-0.39, 0.29) is 10.6 Å². The molecule has 0 aromatic heterocycles. The Labute approximate surface area is 136 Å². The number of hydrogen-bond acceptors (Lipinski definition) is 4. The van der Waals surface area contributed by atoms with Gasteiger partial charge in [-0.1, -0.05) is 34.7 Å². The fraction of sp³-hybridized carbons (Fsp3) is 0.200. The van der Waals surface area contributed by atoms with Crippen molar-refractivity contribution in [1.29, 1.82) is 0 Å². The highest BCUT2D eigenvalue weighted by Gasteiger charge is 2.16. The number of rotatable bonds is 6. The maximum absolute atomic E-state index is 11.2. The van der Waals surface area contributed by atoms with Crippen molar-refractivity contribution in [3.63, 3.8) is 0 Å². The summed E-state index contributed by atoms with van der Waals surface area (Å²) < 4.78 is 6.07. The van der Waals surface area contributed by atoms with E-state index in [4.69, 9.17) is 4.74 Å². The Balaban J connectivity index is 2.31. The molecule has 0 aliphatic rings. The lowest BCUT2D eigenvalue weighted by Gasteiger charge is -2.11. The van der Waals surface area contributed by atoms with Crippen molar-refractivity contribution in [2.45, 2.75) is 11.4 Å². The third kappa shape index (κ3) is 3.84. The number of nitrogens with zero attached hydrogens (tertiary/aromatic N) is 1. The van der Waals surface area contributed by atoms with Crippen LogP contribution in [-0.2, 0) is 4.43 Å². The van der Waals surface area contributed by atoms with E-state index in [1.165, 1.54) is 6.07 Å². The predicted molar refractivity (Wildman–Crippen MR) is 91.7 cm³/mol. The van der Waals surface area contributed by atoms with Crippen molar-refractivity contribution < 1.29 is 9.66 Å². The van der Waals surface area contributed by atoms with E-state index in [0.717, 1.165) is 17.0 Å². The van der Waals surface area contributed by atoms with E-state index >= 15 is 0 Å². The van der Waals surface area contributed by atoms with Crippen molar-refractivity contribution in [1.82, 2.24) is 0 Å². The molecule has 2 rings (SSSR count). The monoisotopic (exact) mass is 398 g/mol. The van der Waals surface area contributed by atoms with E-state index in [1.807, 2.05) is 37.3 Å². The highest BCUT2D eigenvalue weighted by atomic mass is 127. The Hall–Kier alpha value is -1.83. The molecule has 0 amide bonds. The quantitative estimate of drug-likeness (QED) is 0.332. The molecule has 0 aliphatic carbocycles. The van der Waals surface area contributed by atoms with Crippen molar-refractivity contribution in [2.75, 3.05) is 11.9 Å². The van der Waals surface area contributed by atoms with Crippen LogP contribution in [0.5, 0.6) is 5.75 Å². The number of ether oxygens (including phenoxy) is 1. The molecule has 0 radical (unpaired) electrons. The average Bonchev–Trinajstić information content (AvgIpc) is 2.49. The molecular weight excluding hydrogens is 383 g/mol. The second-order valence-corrected chi connectivity index (χ2v) is 5.05. The van der Waals surface area contributed by atoms with Crippen LogP contribution in [0.15, 0.2) is 42.5 Å². The first-order valence-electron chi connectivity index (χ1n) is 6.47. The van der Waals surface area contributed by atoms with Gasteiger partial charge in [0.05, 0.1) is 11.5 Å². The third-order valence-corrected chi connectivity index (χ3v) is 3.73. The molecule has 0 spiro atoms. The summed E-state index contributed by atoms with van der Waals surface area (Å²) in [7, 11) is 0. The molecule has 0 aliphatic heterocycles. The van der Waals surface area contributed by atoms with Crippen LogP contribution in [0, 0.1) is 10.1 Å². The molecule has 0 heterocycles. The SMILES string of the molecule is CCOc1ccc(Nc2c(CI)cccc2[N+](=O)[O-])cc1. The number of halogens is 1. The molecule has 0 saturated carbocycles. The molecule has 2 aromatic rings. The first kappa shape index (κ1) is 15.6. The first-order chi connectivity index (χ1) is 10.2. The van der Waals surface area contributed by atoms with Crippen LogP contribution in [0.1, 0.15) is 12.5 Å². The molecule has 2 aromatic carbocycles. The van der Waals surface area contributed by atoms with Crippen molar-refractivity contribution in [3.05, 3.63) is 58.1 Å². The van der Waals surface area contributed by atoms with E-state index in [9.17, 15) is 10.1 Å². The Bertz CT molecular complexity index is 629. The number of anilines is 2. The topological polar surface area (TPSA) is 64.4 Å². The van der Waals surface area contributed by atoms with Gasteiger partial charge in [-0.05, 0) is 36.8 Å². The summed E-state index contributed by atoms with van der Waals surface area (Å²) in [5.41, 5.74) is 2.32. The normalized spacial score (nSPS) is 10.2. The van der Waals surface area contributed by atoms with Gasteiger partial charge >= 0.3 is 0 Å². The molecule has 0 bridgehead atoms. The maximum Gasteiger partial charge on any atom is 0.292 e. The molecule has 0 saturated heterocycles. The summed E-state index contributed by atoms with van der Waals surface area (Å²) in [6.07, 6.45) is 0. The highest BCUT2D eigenvalue weighted by Crippen LogP contribution is 2.33. The van der Waals surface area contributed by atoms with Gasteiger partial charge in [0.1, 0.15) is 11.4 Å². The summed E-state index contributed by atoms with van der Waals surface area (Å²) in [5, 5.41) is 14.3. The minimum atomic E-state index is -0.368. The van der Waals surface area contributed by atoms with Crippen LogP contribution in [0.25, 0.3) is 0 Å². The lowest BCUT2D eigenvalue weighted by atomic mass is 10.1. The molecule has 6 heteroatoms. The summed E-state index contributed by atoms with van der Waals surface area (Å²) in [6, 6.07) is 12.5. The molecule has 0 unspecified atom stereocenters. The zero-order chi connectivity index (χ0) is 15.2. The molecule has 0 atom stereocenters. The lowest BCUT2D eigenvalue weighted by Crippen LogP contribution is -2.00. The smallest absolute Gasteiger partial charge is 0.292 e. The molecule has 5 nitrogen and oxygen atoms in total. The number of para-hydroxylation sites is 1. The van der Waals surface area contributed by atoms with Crippen LogP contribution < -0.4 is 10.1 Å². The van der Waals surface area contributed by atoms with Crippen molar-refractivity contribution in [2.24, 2.45) is 0 Å². The van der Waals surface area contributed by atoms with E-state index < -0.39 is 0 Å². The van der Waals surface area contributed by atoms with Gasteiger partial charge in [0.25, 0.3) is 5.69 Å². The Morgan fingerprint density at radius 2 is 1.95 bits per heavy atom. The fourth-order valence-electron chi connectivity index (χ4n) is 1.94. The van der Waals surface area contributed by atoms with Crippen molar-refractivity contribution >= 4 is 39.7 Å². The largest absolute Gasteiger partial charge is 0.494 e. The molecular formula is C15H15IN2O3. The van der Waals surface area contributed by atoms with Gasteiger partial charge in [-0.15, -0.1) is 0 Å². The number of hydrogen-bond donors (Lipinski definition) is 1. The summed E-state index contributed by atoms with van der Waals surface area (Å²) in [6.45, 7) is 2.53. The van der Waals surface area contributed by atoms with E-state index in [2.05, 4.69) is 27.9 Å². The minimum Gasteiger partial charge on any atom is -0.494 e. The molecule has 21 heavy (non-hydrogen) atoms. The Morgan fingerprint density at radius 1 is 1.24 bits per heavy atom. The summed E-state index contributed by atoms with van der Waals surface area (Å²) >= 11 is 2.20. The van der Waals surface area contributed by atoms with Gasteiger partial charge in [0, 0.05) is 16.2 Å². The summed E-state index contributed by atoms with van der Waals surface area (Å²) in [5.74, 6) is 0.778. The van der Waals surface area contributed by atoms with Crippen LogP contribution >= 0.6 is 22.6 Å². The van der Waals surface area contributed by atoms with Crippen LogP contribution in [0.2, 0.25) is 0 Å². The Morgan fingerprint density at radius 3 is 2.52 bits per heavy atom. The average molecular weight is 398 g/mol. The lowest BCUT2D eigenvalue weighted by molar-refractivity contribution is -0.384. The van der Waals surface area contributed by atoms with Gasteiger partial charge < -0.3 is 10.1 Å². The first-order valence-corrected chi connectivity index (χ1v) is 8.00. The van der Waals surface area contributed by atoms with Crippen LogP contribution in [0.3, 0.4) is 0 Å². The number of benzene rings is 2. The van der Waals surface area contributed by atoms with E-state index in [1.54, 1.807) is 6.07 Å². The number of nitro benzene ring substituents is 1. The van der Waals surface area contributed by atoms with Gasteiger partial charge in [0.2, 0.25) is 0 Å².